The molecule has 0 atom stereocenters. The number of nitrogens with two attached hydrogens (primary N) is 2. The van der Waals surface area contributed by atoms with Gasteiger partial charge in [0.05, 0.1) is 44.2 Å². The average Bonchev–Trinajstić information content (AvgIpc) is 1.67. The van der Waals surface area contributed by atoms with Crippen molar-refractivity contribution < 1.29 is 71.5 Å². The van der Waals surface area contributed by atoms with Gasteiger partial charge in [-0.1, -0.05) is 80.1 Å². The minimum Gasteiger partial charge on any atom is -0.506 e. The fourth-order valence-corrected chi connectivity index (χ4v) is 13.0. The summed E-state index contributed by atoms with van der Waals surface area (Å²) in [6.45, 7) is 12.3. The summed E-state index contributed by atoms with van der Waals surface area (Å²) in [6.07, 6.45) is 13.5. The number of anilines is 2. The Labute approximate surface area is 584 Å². The van der Waals surface area contributed by atoms with Crippen molar-refractivity contribution in [2.45, 2.75) is 157 Å². The molecule has 3 aromatic heterocycles. The first-order valence-electron chi connectivity index (χ1n) is 31.2. The van der Waals surface area contributed by atoms with Crippen LogP contribution in [0.5, 0.6) is 34.5 Å². The number of ether oxygens (including phenoxy) is 3. The number of benzene rings is 6. The minimum atomic E-state index is -0.301. The van der Waals surface area contributed by atoms with E-state index in [1.54, 1.807) is 78.9 Å². The number of carbonyl (C=O) groups is 6. The van der Waals surface area contributed by atoms with Gasteiger partial charge >= 0.3 is 17.9 Å². The molecule has 7 N–H and O–H groups in total. The molecule has 17 nitrogen and oxygen atoms in total. The molecule has 0 radical (unpaired) electrons. The lowest BCUT2D eigenvalue weighted by Crippen LogP contribution is -2.07. The summed E-state index contributed by atoms with van der Waals surface area (Å²) in [7, 11) is 0. The summed E-state index contributed by atoms with van der Waals surface area (Å²) in [5.41, 5.74) is 15.8. The smallest absolute Gasteiger partial charge is 0.311 e. The highest BCUT2D eigenvalue weighted by Gasteiger charge is 2.28. The van der Waals surface area contributed by atoms with Crippen LogP contribution in [0.15, 0.2) is 113 Å². The molecular weight excluding hydrogens is 1550 g/mol. The molecule has 93 heavy (non-hydrogen) atoms. The van der Waals surface area contributed by atoms with Crippen LogP contribution in [0.3, 0.4) is 0 Å². The Morgan fingerprint density at radius 2 is 0.699 bits per heavy atom. The molecule has 0 amide bonds. The first-order chi connectivity index (χ1) is 44.5. The third-order valence-corrected chi connectivity index (χ3v) is 17.9. The van der Waals surface area contributed by atoms with Gasteiger partial charge in [0.1, 0.15) is 62.8 Å². The number of aryl methyl sites for hydroxylation is 3. The third kappa shape index (κ3) is 18.8. The number of fused-ring (bicyclic) bond motifs is 3. The van der Waals surface area contributed by atoms with Crippen molar-refractivity contribution >= 4 is 157 Å². The van der Waals surface area contributed by atoms with E-state index < -0.39 is 0 Å². The number of carbonyl (C=O) groups excluding carboxylic acids is 6. The molecule has 0 aliphatic rings. The Morgan fingerprint density at radius 3 is 1.00 bits per heavy atom. The van der Waals surface area contributed by atoms with Crippen molar-refractivity contribution in [1.82, 2.24) is 0 Å². The Hall–Kier alpha value is -7.22. The van der Waals surface area contributed by atoms with E-state index >= 15 is 0 Å². The molecule has 0 bridgehead atoms. The van der Waals surface area contributed by atoms with Gasteiger partial charge in [-0.3, -0.25) is 28.8 Å². The zero-order valence-electron chi connectivity index (χ0n) is 52.8. The summed E-state index contributed by atoms with van der Waals surface area (Å²) in [5.74, 6) is 1.47. The van der Waals surface area contributed by atoms with Crippen molar-refractivity contribution in [3.63, 3.8) is 0 Å². The van der Waals surface area contributed by atoms with Crippen LogP contribution < -0.4 is 25.7 Å². The van der Waals surface area contributed by atoms with Crippen LogP contribution in [0.4, 0.5) is 11.4 Å². The van der Waals surface area contributed by atoms with Gasteiger partial charge < -0.3 is 54.2 Å². The predicted octanol–water partition coefficient (Wildman–Crippen LogP) is 19.3. The van der Waals surface area contributed by atoms with Crippen LogP contribution >= 0.6 is 77.0 Å². The van der Waals surface area contributed by atoms with E-state index in [-0.39, 0.29) is 69.4 Å². The summed E-state index contributed by atoms with van der Waals surface area (Å²) >= 11 is 10.6. The van der Waals surface area contributed by atoms with Gasteiger partial charge in [0.15, 0.2) is 23.1 Å². The van der Waals surface area contributed by atoms with Crippen LogP contribution in [0.25, 0.3) is 32.9 Å². The normalized spacial score (nSPS) is 11.1. The van der Waals surface area contributed by atoms with Gasteiger partial charge in [0.2, 0.25) is 0 Å². The van der Waals surface area contributed by atoms with Gasteiger partial charge in [-0.2, -0.15) is 0 Å². The fraction of sp³-hybridized carbons (Fsp3) is 0.333. The number of rotatable bonds is 27. The zero-order chi connectivity index (χ0) is 67.6. The van der Waals surface area contributed by atoms with Crippen LogP contribution in [0.1, 0.15) is 203 Å². The Balaban J connectivity index is 0.000000198. The number of furan rings is 3. The summed E-state index contributed by atoms with van der Waals surface area (Å²) in [5, 5.41) is 31.8. The number of phenolic OH excluding ortho intramolecular Hbond substituents is 3. The number of hydrogen-bond donors (Lipinski definition) is 5. The first-order valence-corrected chi connectivity index (χ1v) is 35.0. The number of aromatic hydroxyl groups is 3. The van der Waals surface area contributed by atoms with E-state index in [1.165, 1.54) is 12.1 Å². The minimum absolute atomic E-state index is 0.0348. The highest BCUT2D eigenvalue weighted by Crippen LogP contribution is 2.40. The zero-order valence-corrected chi connectivity index (χ0v) is 60.3. The van der Waals surface area contributed by atoms with Crippen LogP contribution in [-0.4, -0.2) is 50.6 Å². The number of hydrogen-bond acceptors (Lipinski definition) is 17. The van der Waals surface area contributed by atoms with E-state index in [1.807, 2.05) is 66.0 Å². The number of phenols is 3. The Morgan fingerprint density at radius 1 is 0.409 bits per heavy atom. The van der Waals surface area contributed by atoms with Gasteiger partial charge in [-0.25, -0.2) is 0 Å². The highest BCUT2D eigenvalue weighted by atomic mass is 127. The molecule has 21 heteroatoms. The lowest BCUT2D eigenvalue weighted by molar-refractivity contribution is -0.135. The quantitative estimate of drug-likeness (QED) is 0.00799. The van der Waals surface area contributed by atoms with E-state index in [4.69, 9.17) is 38.9 Å². The average molecular weight is 1620 g/mol. The van der Waals surface area contributed by atoms with E-state index in [2.05, 4.69) is 52.6 Å². The van der Waals surface area contributed by atoms with Crippen molar-refractivity contribution in [2.24, 2.45) is 0 Å². The molecule has 492 valence electrons. The Kier molecular flexibility index (Phi) is 27.4. The van der Waals surface area contributed by atoms with Gasteiger partial charge in [-0.05, 0) is 188 Å². The van der Waals surface area contributed by atoms with Gasteiger partial charge in [0, 0.05) is 89.6 Å². The number of esters is 3. The van der Waals surface area contributed by atoms with E-state index in [9.17, 15) is 44.1 Å². The van der Waals surface area contributed by atoms with Gasteiger partial charge in [-0.15, -0.1) is 0 Å². The van der Waals surface area contributed by atoms with E-state index in [0.717, 1.165) is 77.0 Å². The van der Waals surface area contributed by atoms with Crippen LogP contribution in [0.2, 0.25) is 0 Å². The topological polar surface area (TPSA) is 282 Å². The fourth-order valence-electron chi connectivity index (χ4n) is 10.0. The maximum absolute atomic E-state index is 13.5. The molecule has 0 aliphatic carbocycles. The second kappa shape index (κ2) is 34.8. The van der Waals surface area contributed by atoms with Crippen molar-refractivity contribution in [2.75, 3.05) is 11.5 Å². The lowest BCUT2D eigenvalue weighted by Gasteiger charge is -2.08. The van der Waals surface area contributed by atoms with E-state index in [0.29, 0.717) is 150 Å². The maximum atomic E-state index is 13.5. The summed E-state index contributed by atoms with van der Waals surface area (Å²) < 4.78 is 36.5. The Bertz CT molecular complexity index is 3710. The molecule has 0 unspecified atom stereocenters. The van der Waals surface area contributed by atoms with Gasteiger partial charge in [0.25, 0.3) is 0 Å². The monoisotopic (exact) mass is 1620 g/mol. The molecule has 0 fully saturated rings. The maximum Gasteiger partial charge on any atom is 0.311 e. The molecule has 0 saturated heterocycles. The number of halogens is 4. The van der Waals surface area contributed by atoms with Crippen molar-refractivity contribution in [3.05, 3.63) is 158 Å². The molecule has 0 spiro atoms. The highest BCUT2D eigenvalue weighted by molar-refractivity contribution is 14.1. The van der Waals surface area contributed by atoms with Crippen LogP contribution in [-0.2, 0) is 33.6 Å². The molecular formula is C72H76Br2I2N2O15. The summed E-state index contributed by atoms with van der Waals surface area (Å²) in [6, 6.07) is 24.6. The predicted molar refractivity (Wildman–Crippen MR) is 384 cm³/mol. The summed E-state index contributed by atoms with van der Waals surface area (Å²) in [4.78, 5) is 76.2. The molecule has 0 saturated carbocycles. The second-order valence-corrected chi connectivity index (χ2v) is 26.3. The largest absolute Gasteiger partial charge is 0.506 e. The molecule has 9 rings (SSSR count). The molecule has 3 heterocycles. The number of nitrogen functional groups attached to an aromatic ring is 2. The van der Waals surface area contributed by atoms with Crippen molar-refractivity contribution in [3.8, 4) is 34.5 Å². The first kappa shape index (κ1) is 73.2. The second-order valence-electron chi connectivity index (χ2n) is 22.3. The van der Waals surface area contributed by atoms with Crippen molar-refractivity contribution in [1.29, 1.82) is 0 Å². The third-order valence-electron chi connectivity index (χ3n) is 15.0. The van der Waals surface area contributed by atoms with Crippen LogP contribution in [0, 0.1) is 7.14 Å². The lowest BCUT2D eigenvalue weighted by atomic mass is 9.97. The number of ketones is 3. The number of unbranched alkanes of at least 4 members (excludes halogenated alkanes) is 6. The SMILES string of the molecule is CCCCC(=O)Oc1ccc2c(C(=O)c3cc(Br)c(O)c(Br)c3)c(CCCC)oc2c1.CCCCC(=O)Oc1ccc2c(C(=O)c3cc(I)c(O)c(I)c3)c(CCCC)oc2c1.CCCCC(=O)Oc1ccc2c(C(=O)c3cc(N)c(O)c(N)c3)c(CCCC)oc2c1. The molecule has 9 aromatic rings. The molecule has 6 aromatic carbocycles. The molecule has 0 aliphatic heterocycles. The standard InChI is InChI=1S/C24H24Br2O5.C24H24I2O5.C24H28N2O5/c3*1-3-5-7-19-22(23(28)14-11-17(25)24(29)18(26)12-14)16-10-9-15(13-20(16)31-19)30-21(27)8-6-4-2/h2*9-13,29H,3-8H2,1-2H3;9-13,29H,3-8,25-26H2,1-2H3.